The fraction of sp³-hybridized carbons (Fsp3) is 0.571. The third kappa shape index (κ3) is 3.27. The molecule has 1 aliphatic carbocycles. The van der Waals surface area contributed by atoms with Crippen molar-refractivity contribution >= 4 is 0 Å². The van der Waals surface area contributed by atoms with Crippen molar-refractivity contribution in [1.82, 2.24) is 5.32 Å². The number of rotatable bonds is 4. The van der Waals surface area contributed by atoms with Crippen LogP contribution in [-0.2, 0) is 0 Å². The first-order valence-electron chi connectivity index (χ1n) is 6.33. The normalized spacial score (nSPS) is 26.1. The second-order valence-electron chi connectivity index (χ2n) is 4.99. The lowest BCUT2D eigenvalue weighted by Crippen LogP contribution is -2.34. The van der Waals surface area contributed by atoms with Crippen molar-refractivity contribution in [3.63, 3.8) is 0 Å². The van der Waals surface area contributed by atoms with E-state index in [1.54, 1.807) is 12.1 Å². The molecule has 0 heterocycles. The largest absolute Gasteiger partial charge is 0.387 e. The lowest BCUT2D eigenvalue weighted by Gasteiger charge is -2.20. The van der Waals surface area contributed by atoms with Crippen LogP contribution >= 0.6 is 0 Å². The van der Waals surface area contributed by atoms with Crippen LogP contribution < -0.4 is 5.32 Å². The summed E-state index contributed by atoms with van der Waals surface area (Å²) in [5, 5.41) is 13.3. The predicted molar refractivity (Wildman–Crippen MR) is 66.2 cm³/mol. The molecule has 17 heavy (non-hydrogen) atoms. The van der Waals surface area contributed by atoms with E-state index in [1.165, 1.54) is 31.4 Å². The van der Waals surface area contributed by atoms with E-state index in [9.17, 15) is 9.50 Å². The minimum atomic E-state index is -0.626. The fourth-order valence-corrected chi connectivity index (χ4v) is 2.54. The van der Waals surface area contributed by atoms with E-state index < -0.39 is 6.10 Å². The topological polar surface area (TPSA) is 32.3 Å². The molecule has 0 amide bonds. The Balaban J connectivity index is 1.86. The molecule has 1 fully saturated rings. The van der Waals surface area contributed by atoms with Crippen molar-refractivity contribution in [3.05, 3.63) is 35.6 Å². The highest BCUT2D eigenvalue weighted by atomic mass is 19.1. The van der Waals surface area contributed by atoms with Crippen LogP contribution in [0.3, 0.4) is 0 Å². The van der Waals surface area contributed by atoms with E-state index in [1.807, 2.05) is 0 Å². The first-order valence-corrected chi connectivity index (χ1v) is 6.33. The van der Waals surface area contributed by atoms with Crippen molar-refractivity contribution in [2.24, 2.45) is 5.92 Å². The zero-order chi connectivity index (χ0) is 12.3. The van der Waals surface area contributed by atoms with Crippen LogP contribution in [0.1, 0.15) is 37.9 Å². The summed E-state index contributed by atoms with van der Waals surface area (Å²) in [5.41, 5.74) is 0.642. The summed E-state index contributed by atoms with van der Waals surface area (Å²) in [6.45, 7) is 2.73. The lowest BCUT2D eigenvalue weighted by molar-refractivity contribution is 0.166. The highest BCUT2D eigenvalue weighted by Gasteiger charge is 2.23. The van der Waals surface area contributed by atoms with E-state index in [2.05, 4.69) is 12.2 Å². The molecular weight excluding hydrogens is 217 g/mol. The second kappa shape index (κ2) is 5.61. The van der Waals surface area contributed by atoms with Gasteiger partial charge in [0.25, 0.3) is 0 Å². The summed E-state index contributed by atoms with van der Waals surface area (Å²) in [6.07, 6.45) is 3.07. The zero-order valence-corrected chi connectivity index (χ0v) is 10.2. The molecule has 2 N–H and O–H groups in total. The maximum absolute atomic E-state index is 13.0. The summed E-state index contributed by atoms with van der Waals surface area (Å²) < 4.78 is 13.0. The van der Waals surface area contributed by atoms with Gasteiger partial charge in [-0.1, -0.05) is 25.5 Å². The van der Waals surface area contributed by atoms with Gasteiger partial charge in [-0.3, -0.25) is 0 Å². The van der Waals surface area contributed by atoms with Gasteiger partial charge in [-0.05, 0) is 36.5 Å². The number of aliphatic hydroxyl groups excluding tert-OH is 1. The highest BCUT2D eigenvalue weighted by Crippen LogP contribution is 2.25. The molecule has 1 aromatic rings. The van der Waals surface area contributed by atoms with E-state index in [-0.39, 0.29) is 5.82 Å². The molecule has 94 valence electrons. The predicted octanol–water partition coefficient (Wildman–Crippen LogP) is 2.64. The van der Waals surface area contributed by atoms with E-state index in [0.717, 1.165) is 0 Å². The van der Waals surface area contributed by atoms with Gasteiger partial charge in [0.05, 0.1) is 6.10 Å². The van der Waals surface area contributed by atoms with Gasteiger partial charge in [-0.15, -0.1) is 0 Å². The first-order chi connectivity index (χ1) is 8.16. The van der Waals surface area contributed by atoms with Gasteiger partial charge in [0.1, 0.15) is 5.82 Å². The molecule has 0 aliphatic heterocycles. The van der Waals surface area contributed by atoms with Gasteiger partial charge in [-0.2, -0.15) is 0 Å². The highest BCUT2D eigenvalue weighted by molar-refractivity contribution is 5.19. The van der Waals surface area contributed by atoms with Crippen molar-refractivity contribution in [1.29, 1.82) is 0 Å². The summed E-state index contributed by atoms with van der Waals surface area (Å²) in [7, 11) is 0. The molecule has 3 unspecified atom stereocenters. The molecular formula is C14H20FNO. The number of hydrogen-bond acceptors (Lipinski definition) is 2. The molecule has 0 aromatic heterocycles. The third-order valence-electron chi connectivity index (χ3n) is 3.67. The van der Waals surface area contributed by atoms with Crippen LogP contribution in [-0.4, -0.2) is 17.7 Å². The standard InChI is InChI=1S/C14H20FNO/c1-10-4-2-7-13(10)16-9-14(17)11-5-3-6-12(15)8-11/h3,5-6,8,10,13-14,16-17H,2,4,7,9H2,1H3. The van der Waals surface area contributed by atoms with Gasteiger partial charge in [0.2, 0.25) is 0 Å². The Hall–Kier alpha value is -0.930. The van der Waals surface area contributed by atoms with Crippen molar-refractivity contribution in [2.75, 3.05) is 6.54 Å². The summed E-state index contributed by atoms with van der Waals surface area (Å²) >= 11 is 0. The third-order valence-corrected chi connectivity index (χ3v) is 3.67. The SMILES string of the molecule is CC1CCCC1NCC(O)c1cccc(F)c1. The molecule has 3 atom stereocenters. The molecule has 2 nitrogen and oxygen atoms in total. The molecule has 0 spiro atoms. The number of aliphatic hydroxyl groups is 1. The van der Waals surface area contributed by atoms with Crippen LogP contribution in [0.2, 0.25) is 0 Å². The molecule has 0 saturated heterocycles. The van der Waals surface area contributed by atoms with Gasteiger partial charge in [0.15, 0.2) is 0 Å². The molecule has 2 rings (SSSR count). The number of nitrogens with one attached hydrogen (secondary N) is 1. The van der Waals surface area contributed by atoms with Crippen LogP contribution in [0.15, 0.2) is 24.3 Å². The van der Waals surface area contributed by atoms with E-state index >= 15 is 0 Å². The Morgan fingerprint density at radius 2 is 2.29 bits per heavy atom. The number of halogens is 1. The van der Waals surface area contributed by atoms with Crippen molar-refractivity contribution < 1.29 is 9.50 Å². The molecule has 0 bridgehead atoms. The summed E-state index contributed by atoms with van der Waals surface area (Å²) in [6, 6.07) is 6.67. The summed E-state index contributed by atoms with van der Waals surface area (Å²) in [4.78, 5) is 0. The fourth-order valence-electron chi connectivity index (χ4n) is 2.54. The minimum absolute atomic E-state index is 0.296. The quantitative estimate of drug-likeness (QED) is 0.843. The molecule has 3 heteroatoms. The lowest BCUT2D eigenvalue weighted by atomic mass is 10.1. The maximum Gasteiger partial charge on any atom is 0.123 e. The molecule has 1 saturated carbocycles. The molecule has 1 aromatic carbocycles. The van der Waals surface area contributed by atoms with Gasteiger partial charge >= 0.3 is 0 Å². The van der Waals surface area contributed by atoms with Crippen molar-refractivity contribution in [3.8, 4) is 0 Å². The van der Waals surface area contributed by atoms with Crippen LogP contribution in [0.4, 0.5) is 4.39 Å². The van der Waals surface area contributed by atoms with Crippen LogP contribution in [0.25, 0.3) is 0 Å². The van der Waals surface area contributed by atoms with Crippen LogP contribution in [0.5, 0.6) is 0 Å². The molecule has 1 aliphatic rings. The Morgan fingerprint density at radius 1 is 1.47 bits per heavy atom. The van der Waals surface area contributed by atoms with Gasteiger partial charge in [-0.25, -0.2) is 4.39 Å². The monoisotopic (exact) mass is 237 g/mol. The van der Waals surface area contributed by atoms with Crippen molar-refractivity contribution in [2.45, 2.75) is 38.3 Å². The van der Waals surface area contributed by atoms with Crippen LogP contribution in [0, 0.1) is 11.7 Å². The minimum Gasteiger partial charge on any atom is -0.387 e. The van der Waals surface area contributed by atoms with E-state index in [0.29, 0.717) is 24.1 Å². The van der Waals surface area contributed by atoms with Gasteiger partial charge in [0, 0.05) is 12.6 Å². The summed E-state index contributed by atoms with van der Waals surface area (Å²) in [5.74, 6) is 0.380. The Bertz CT molecular complexity index is 369. The average molecular weight is 237 g/mol. The average Bonchev–Trinajstić information content (AvgIpc) is 2.72. The Morgan fingerprint density at radius 3 is 2.94 bits per heavy atom. The maximum atomic E-state index is 13.0. The molecule has 0 radical (unpaired) electrons. The Labute approximate surface area is 102 Å². The zero-order valence-electron chi connectivity index (χ0n) is 10.2. The number of benzene rings is 1. The number of hydrogen-bond donors (Lipinski definition) is 2. The first kappa shape index (κ1) is 12.5. The van der Waals surface area contributed by atoms with E-state index in [4.69, 9.17) is 0 Å². The Kier molecular flexibility index (Phi) is 4.13. The smallest absolute Gasteiger partial charge is 0.123 e. The van der Waals surface area contributed by atoms with Gasteiger partial charge < -0.3 is 10.4 Å². The second-order valence-corrected chi connectivity index (χ2v) is 4.99.